The first-order chi connectivity index (χ1) is 18.6. The van der Waals surface area contributed by atoms with Crippen molar-refractivity contribution >= 4 is 39.7 Å². The summed E-state index contributed by atoms with van der Waals surface area (Å²) in [6.07, 6.45) is 0.885. The number of fused-ring (bicyclic) bond motifs is 2. The Morgan fingerprint density at radius 1 is 0.846 bits per heavy atom. The minimum atomic E-state index is -0.576. The van der Waals surface area contributed by atoms with Crippen molar-refractivity contribution in [2.45, 2.75) is 59.6 Å². The van der Waals surface area contributed by atoms with Crippen LogP contribution in [0.3, 0.4) is 0 Å². The molecule has 4 rings (SSSR count). The Hall–Kier alpha value is -4.26. The van der Waals surface area contributed by atoms with Crippen molar-refractivity contribution in [2.75, 3.05) is 7.11 Å². The Labute approximate surface area is 228 Å². The number of hydrogen-bond acceptors (Lipinski definition) is 6. The Morgan fingerprint density at radius 3 is 1.90 bits per heavy atom. The molecule has 0 fully saturated rings. The fourth-order valence-corrected chi connectivity index (χ4v) is 4.64. The van der Waals surface area contributed by atoms with Gasteiger partial charge in [-0.15, -0.1) is 0 Å². The third-order valence-corrected chi connectivity index (χ3v) is 7.01. The third kappa shape index (κ3) is 5.77. The number of aromatic nitrogens is 1. The van der Waals surface area contributed by atoms with Crippen LogP contribution in [-0.4, -0.2) is 30.6 Å². The number of hydrogen-bond donors (Lipinski definition) is 0. The molecule has 0 saturated carbocycles. The van der Waals surface area contributed by atoms with Gasteiger partial charge in [0.25, 0.3) is 0 Å². The summed E-state index contributed by atoms with van der Waals surface area (Å²) in [4.78, 5) is 38.5. The molecule has 0 unspecified atom stereocenters. The molecule has 0 aliphatic heterocycles. The number of carbonyl (C=O) groups is 3. The molecule has 1 aromatic heterocycles. The molecule has 0 aliphatic carbocycles. The maximum absolute atomic E-state index is 13.8. The lowest BCUT2D eigenvalue weighted by molar-refractivity contribution is -0.644. The highest BCUT2D eigenvalue weighted by Gasteiger charge is 2.27. The first-order valence-corrected chi connectivity index (χ1v) is 13.0. The second kappa shape index (κ2) is 11.2. The standard InChI is InChI=1S/C32H34NO6/c1-7-32(4,5)39-30(35)22-18-20(2)29(21(3)19-22)38-31(36)28-23-12-8-10-14-25(23)33(17-16-27(34)37-6)26-15-11-9-13-24(26)28/h8-15,18-19H,7,16-17H2,1-6H3/q+1. The number of rotatable bonds is 8. The minimum Gasteiger partial charge on any atom is -0.469 e. The number of esters is 3. The van der Waals surface area contributed by atoms with Crippen molar-refractivity contribution in [1.82, 2.24) is 0 Å². The second-order valence-electron chi connectivity index (χ2n) is 10.2. The monoisotopic (exact) mass is 528 g/mol. The van der Waals surface area contributed by atoms with E-state index in [1.807, 2.05) is 73.9 Å². The molecule has 7 heteroatoms. The van der Waals surface area contributed by atoms with Gasteiger partial charge in [-0.2, -0.15) is 4.57 Å². The number of ether oxygens (including phenoxy) is 3. The number of methoxy groups -OCH3 is 1. The van der Waals surface area contributed by atoms with Gasteiger partial charge in [-0.05, 0) is 69.5 Å². The zero-order chi connectivity index (χ0) is 28.3. The molecular weight excluding hydrogens is 494 g/mol. The van der Waals surface area contributed by atoms with E-state index in [0.717, 1.165) is 11.0 Å². The summed E-state index contributed by atoms with van der Waals surface area (Å²) in [5, 5.41) is 1.42. The summed E-state index contributed by atoms with van der Waals surface area (Å²) in [5.41, 5.74) is 3.18. The van der Waals surface area contributed by atoms with Crippen molar-refractivity contribution < 1.29 is 33.2 Å². The Kier molecular flexibility index (Phi) is 8.00. The fourth-order valence-electron chi connectivity index (χ4n) is 4.64. The highest BCUT2D eigenvalue weighted by atomic mass is 16.6. The summed E-state index contributed by atoms with van der Waals surface area (Å²) < 4.78 is 18.5. The molecule has 0 aliphatic rings. The fraction of sp³-hybridized carbons (Fsp3) is 0.312. The summed E-state index contributed by atoms with van der Waals surface area (Å²) in [6, 6.07) is 18.5. The summed E-state index contributed by atoms with van der Waals surface area (Å²) in [7, 11) is 1.37. The molecule has 0 radical (unpaired) electrons. The molecule has 7 nitrogen and oxygen atoms in total. The molecule has 0 bridgehead atoms. The molecule has 0 saturated heterocycles. The minimum absolute atomic E-state index is 0.196. The number of pyridine rings is 1. The van der Waals surface area contributed by atoms with Gasteiger partial charge < -0.3 is 14.2 Å². The lowest BCUT2D eigenvalue weighted by atomic mass is 10.0. The van der Waals surface area contributed by atoms with E-state index < -0.39 is 17.5 Å². The van der Waals surface area contributed by atoms with Crippen molar-refractivity contribution in [3.05, 3.63) is 82.9 Å². The summed E-state index contributed by atoms with van der Waals surface area (Å²) >= 11 is 0. The maximum Gasteiger partial charge on any atom is 0.345 e. The quantitative estimate of drug-likeness (QED) is 0.120. The molecule has 0 atom stereocenters. The maximum atomic E-state index is 13.8. The Morgan fingerprint density at radius 2 is 1.38 bits per heavy atom. The van der Waals surface area contributed by atoms with E-state index in [1.54, 1.807) is 26.0 Å². The van der Waals surface area contributed by atoms with Crippen LogP contribution in [0.25, 0.3) is 21.8 Å². The van der Waals surface area contributed by atoms with E-state index in [9.17, 15) is 14.4 Å². The van der Waals surface area contributed by atoms with Crippen LogP contribution >= 0.6 is 0 Å². The molecule has 1 heterocycles. The van der Waals surface area contributed by atoms with Gasteiger partial charge in [-0.25, -0.2) is 9.59 Å². The number of aryl methyl sites for hydroxylation is 3. The van der Waals surface area contributed by atoms with Crippen LogP contribution in [-0.2, 0) is 20.8 Å². The zero-order valence-corrected chi connectivity index (χ0v) is 23.3. The van der Waals surface area contributed by atoms with Gasteiger partial charge in [0, 0.05) is 12.1 Å². The third-order valence-electron chi connectivity index (χ3n) is 7.01. The topological polar surface area (TPSA) is 82.8 Å². The number of benzene rings is 3. The lowest BCUT2D eigenvalue weighted by Gasteiger charge is -2.23. The predicted octanol–water partition coefficient (Wildman–Crippen LogP) is 6.03. The molecule has 3 aromatic carbocycles. The number of para-hydroxylation sites is 2. The van der Waals surface area contributed by atoms with Crippen LogP contribution in [0.4, 0.5) is 0 Å². The summed E-state index contributed by atoms with van der Waals surface area (Å²) in [5.74, 6) is -0.823. The van der Waals surface area contributed by atoms with Gasteiger partial charge in [-0.1, -0.05) is 31.2 Å². The van der Waals surface area contributed by atoms with E-state index >= 15 is 0 Å². The first kappa shape index (κ1) is 27.8. The largest absolute Gasteiger partial charge is 0.469 e. The molecule has 4 aromatic rings. The molecule has 0 N–H and O–H groups in total. The number of carbonyl (C=O) groups excluding carboxylic acids is 3. The van der Waals surface area contributed by atoms with E-state index in [2.05, 4.69) is 0 Å². The highest BCUT2D eigenvalue weighted by molar-refractivity contribution is 6.13. The molecule has 0 amide bonds. The van der Waals surface area contributed by atoms with Crippen molar-refractivity contribution in [3.8, 4) is 5.75 Å². The van der Waals surface area contributed by atoms with Crippen LogP contribution < -0.4 is 9.30 Å². The van der Waals surface area contributed by atoms with Crippen molar-refractivity contribution in [2.24, 2.45) is 0 Å². The van der Waals surface area contributed by atoms with Crippen LogP contribution in [0.1, 0.15) is 65.5 Å². The van der Waals surface area contributed by atoms with E-state index in [0.29, 0.717) is 51.7 Å². The van der Waals surface area contributed by atoms with E-state index in [4.69, 9.17) is 14.2 Å². The molecule has 0 spiro atoms. The first-order valence-electron chi connectivity index (χ1n) is 13.0. The van der Waals surface area contributed by atoms with Crippen LogP contribution in [0.5, 0.6) is 5.75 Å². The van der Waals surface area contributed by atoms with Crippen LogP contribution in [0.15, 0.2) is 60.7 Å². The molecular formula is C32H34NO6+. The lowest BCUT2D eigenvalue weighted by Crippen LogP contribution is -2.37. The van der Waals surface area contributed by atoms with Gasteiger partial charge in [0.05, 0.1) is 29.0 Å². The SMILES string of the molecule is CCC(C)(C)OC(=O)c1cc(C)c(OC(=O)c2c3ccccc3[n+](CCC(=O)OC)c3ccccc23)c(C)c1. The average Bonchev–Trinajstić information content (AvgIpc) is 2.92. The van der Waals surface area contributed by atoms with Crippen molar-refractivity contribution in [1.29, 1.82) is 0 Å². The number of nitrogens with zero attached hydrogens (tertiary/aromatic N) is 1. The van der Waals surface area contributed by atoms with Gasteiger partial charge in [-0.3, -0.25) is 4.79 Å². The van der Waals surface area contributed by atoms with Crippen LogP contribution in [0, 0.1) is 13.8 Å². The Bertz CT molecular complexity index is 1510. The summed E-state index contributed by atoms with van der Waals surface area (Å²) in [6.45, 7) is 9.71. The van der Waals surface area contributed by atoms with E-state index in [-0.39, 0.29) is 12.4 Å². The van der Waals surface area contributed by atoms with Crippen molar-refractivity contribution in [3.63, 3.8) is 0 Å². The normalized spacial score (nSPS) is 11.4. The van der Waals surface area contributed by atoms with E-state index in [1.165, 1.54) is 7.11 Å². The highest BCUT2D eigenvalue weighted by Crippen LogP contribution is 2.30. The molecule has 202 valence electrons. The predicted molar refractivity (Wildman–Crippen MR) is 149 cm³/mol. The van der Waals surface area contributed by atoms with Gasteiger partial charge in [0.15, 0.2) is 6.54 Å². The van der Waals surface area contributed by atoms with Crippen LogP contribution in [0.2, 0.25) is 0 Å². The van der Waals surface area contributed by atoms with Gasteiger partial charge in [0.1, 0.15) is 17.8 Å². The van der Waals surface area contributed by atoms with Gasteiger partial charge >= 0.3 is 17.9 Å². The second-order valence-corrected chi connectivity index (χ2v) is 10.2. The molecule has 39 heavy (non-hydrogen) atoms. The Balaban J connectivity index is 1.76. The van der Waals surface area contributed by atoms with Gasteiger partial charge in [0.2, 0.25) is 11.0 Å². The average molecular weight is 529 g/mol. The smallest absolute Gasteiger partial charge is 0.345 e. The zero-order valence-electron chi connectivity index (χ0n) is 23.3.